The number of aromatic hydroxyl groups is 1. The van der Waals surface area contributed by atoms with E-state index in [1.54, 1.807) is 0 Å². The molecule has 1 aromatic heterocycles. The summed E-state index contributed by atoms with van der Waals surface area (Å²) >= 11 is 0. The molecule has 0 atom stereocenters. The zero-order valence-electron chi connectivity index (χ0n) is 5.56. The Balaban J connectivity index is 2.92. The van der Waals surface area contributed by atoms with Gasteiger partial charge in [-0.3, -0.25) is 0 Å². The minimum absolute atomic E-state index is 0.204. The van der Waals surface area contributed by atoms with E-state index >= 15 is 0 Å². The van der Waals surface area contributed by atoms with Crippen molar-refractivity contribution in [2.45, 2.75) is 6.42 Å². The van der Waals surface area contributed by atoms with E-state index in [2.05, 4.69) is 5.63 Å². The van der Waals surface area contributed by atoms with E-state index in [0.29, 0.717) is 10.4 Å². The summed E-state index contributed by atoms with van der Waals surface area (Å²) in [5.74, 6) is -0.232. The van der Waals surface area contributed by atoms with Crippen molar-refractivity contribution in [3.63, 3.8) is 0 Å². The predicted molar refractivity (Wildman–Crippen MR) is 38.5 cm³/mol. The average molecular weight is 171 g/mol. The van der Waals surface area contributed by atoms with Gasteiger partial charge in [-0.15, -0.1) is 0 Å². The Morgan fingerprint density at radius 1 is 1.64 bits per heavy atom. The first-order valence-electron chi connectivity index (χ1n) is 2.89. The third-order valence-corrected chi connectivity index (χ3v) is 1.53. The van der Waals surface area contributed by atoms with Gasteiger partial charge in [0.25, 0.3) is 0 Å². The second-order valence-corrected chi connectivity index (χ2v) is 2.42. The molecule has 0 unspecified atom stereocenters. The van der Waals surface area contributed by atoms with Gasteiger partial charge in [-0.1, -0.05) is 0 Å². The molecule has 0 saturated carbocycles. The van der Waals surface area contributed by atoms with Crippen LogP contribution in [0.15, 0.2) is 12.1 Å². The van der Waals surface area contributed by atoms with Crippen LogP contribution >= 0.6 is 7.92 Å². The Labute approximate surface area is 64.2 Å². The van der Waals surface area contributed by atoms with E-state index in [1.165, 1.54) is 12.1 Å². The fourth-order valence-electron chi connectivity index (χ4n) is 0.706. The molecule has 2 N–H and O–H groups in total. The number of aromatic nitrogens is 1. The van der Waals surface area contributed by atoms with Crippen LogP contribution in [0.25, 0.3) is 0 Å². The van der Waals surface area contributed by atoms with Gasteiger partial charge in [-0.2, -0.15) is 0 Å². The number of hydrogen-bond donors (Lipinski definition) is 2. The van der Waals surface area contributed by atoms with Crippen LogP contribution < -0.4 is 0 Å². The standard InChI is InChI=1S/C6H6NO3P/c8-6-2-1-5(7(6)9)3-4-11-10/h1-2,8-9H,3H2. The van der Waals surface area contributed by atoms with Gasteiger partial charge in [-0.25, -0.2) is 0 Å². The van der Waals surface area contributed by atoms with Crippen LogP contribution in [0, 0.1) is 5.63 Å². The van der Waals surface area contributed by atoms with E-state index in [-0.39, 0.29) is 20.2 Å². The van der Waals surface area contributed by atoms with Crippen LogP contribution in [0.3, 0.4) is 0 Å². The fourth-order valence-corrected chi connectivity index (χ4v) is 0.933. The van der Waals surface area contributed by atoms with Crippen LogP contribution in [0.2, 0.25) is 0 Å². The van der Waals surface area contributed by atoms with Gasteiger partial charge < -0.3 is 0 Å². The molecule has 0 fully saturated rings. The molecule has 0 bridgehead atoms. The van der Waals surface area contributed by atoms with Gasteiger partial charge in [0.2, 0.25) is 0 Å². The summed E-state index contributed by atoms with van der Waals surface area (Å²) in [6.07, 6.45) is 0.238. The molecular formula is C6H6NO3P. The summed E-state index contributed by atoms with van der Waals surface area (Å²) < 4.78 is 10.6. The summed E-state index contributed by atoms with van der Waals surface area (Å²) in [6.45, 7) is 0. The minimum atomic E-state index is -0.232. The summed E-state index contributed by atoms with van der Waals surface area (Å²) in [7, 11) is -0.204. The monoisotopic (exact) mass is 171 g/mol. The van der Waals surface area contributed by atoms with E-state index in [4.69, 9.17) is 10.3 Å². The molecule has 58 valence electrons. The summed E-state index contributed by atoms with van der Waals surface area (Å²) in [4.78, 5) is 0. The Hall–Kier alpha value is -1.11. The maximum absolute atomic E-state index is 9.93. The molecule has 0 aliphatic heterocycles. The third-order valence-electron chi connectivity index (χ3n) is 1.24. The predicted octanol–water partition coefficient (Wildman–Crippen LogP) is 1.22. The zero-order chi connectivity index (χ0) is 8.27. The Bertz CT molecular complexity index is 351. The Morgan fingerprint density at radius 2 is 2.36 bits per heavy atom. The molecule has 1 heterocycles. The van der Waals surface area contributed by atoms with E-state index in [9.17, 15) is 4.57 Å². The van der Waals surface area contributed by atoms with Crippen molar-refractivity contribution in [2.24, 2.45) is 0 Å². The maximum atomic E-state index is 9.93. The number of hydrogen-bond acceptors (Lipinski definition) is 3. The van der Waals surface area contributed by atoms with Crippen molar-refractivity contribution < 1.29 is 14.9 Å². The summed E-state index contributed by atoms with van der Waals surface area (Å²) in [6, 6.07) is 2.87. The van der Waals surface area contributed by atoms with Crippen molar-refractivity contribution in [1.29, 1.82) is 0 Å². The van der Waals surface area contributed by atoms with E-state index in [0.717, 1.165) is 0 Å². The van der Waals surface area contributed by atoms with Gasteiger partial charge >= 0.3 is 63.3 Å². The number of nitrogens with zero attached hydrogens (tertiary/aromatic N) is 1. The number of rotatable bonds is 1. The van der Waals surface area contributed by atoms with Crippen LogP contribution in [0.4, 0.5) is 0 Å². The first kappa shape index (κ1) is 7.99. The van der Waals surface area contributed by atoms with Gasteiger partial charge in [0.15, 0.2) is 0 Å². The van der Waals surface area contributed by atoms with E-state index in [1.807, 2.05) is 0 Å². The quantitative estimate of drug-likeness (QED) is 0.493. The van der Waals surface area contributed by atoms with Gasteiger partial charge in [0, 0.05) is 0 Å². The molecule has 0 amide bonds. The van der Waals surface area contributed by atoms with Crippen molar-refractivity contribution in [2.75, 3.05) is 0 Å². The molecule has 0 spiro atoms. The second-order valence-electron chi connectivity index (χ2n) is 1.92. The molecule has 0 aliphatic rings. The molecule has 0 saturated heterocycles. The van der Waals surface area contributed by atoms with Crippen LogP contribution in [-0.2, 0) is 11.0 Å². The first-order chi connectivity index (χ1) is 5.25. The third kappa shape index (κ3) is 1.67. The molecule has 0 radical (unpaired) electrons. The van der Waals surface area contributed by atoms with Gasteiger partial charge in [0.1, 0.15) is 0 Å². The SMILES string of the molecule is O=P#CCc1ccc(O)n1O. The summed E-state index contributed by atoms with van der Waals surface area (Å²) in [5.41, 5.74) is 2.89. The first-order valence-corrected chi connectivity index (χ1v) is 3.71. The van der Waals surface area contributed by atoms with Gasteiger partial charge in [-0.05, 0) is 0 Å². The van der Waals surface area contributed by atoms with Crippen molar-refractivity contribution in [1.82, 2.24) is 4.73 Å². The molecule has 1 rings (SSSR count). The average Bonchev–Trinajstić information content (AvgIpc) is 2.31. The molecule has 1 aromatic rings. The molecule has 11 heavy (non-hydrogen) atoms. The normalized spacial score (nSPS) is 9.09. The van der Waals surface area contributed by atoms with Crippen molar-refractivity contribution in [3.8, 4) is 11.5 Å². The van der Waals surface area contributed by atoms with E-state index < -0.39 is 0 Å². The zero-order valence-corrected chi connectivity index (χ0v) is 6.45. The Kier molecular flexibility index (Phi) is 2.42. The molecule has 4 nitrogen and oxygen atoms in total. The molecule has 0 aromatic carbocycles. The summed E-state index contributed by atoms with van der Waals surface area (Å²) in [5, 5.41) is 17.8. The molecule has 5 heteroatoms. The second kappa shape index (κ2) is 3.33. The van der Waals surface area contributed by atoms with Crippen molar-refractivity contribution in [3.05, 3.63) is 17.8 Å². The van der Waals surface area contributed by atoms with Gasteiger partial charge in [0.05, 0.1) is 0 Å². The fraction of sp³-hybridized carbons (Fsp3) is 0.167. The topological polar surface area (TPSA) is 62.5 Å². The molecule has 0 aliphatic carbocycles. The van der Waals surface area contributed by atoms with Crippen LogP contribution in [0.5, 0.6) is 5.88 Å². The van der Waals surface area contributed by atoms with Crippen LogP contribution in [0.1, 0.15) is 5.69 Å². The molecular weight excluding hydrogens is 165 g/mol. The van der Waals surface area contributed by atoms with Crippen molar-refractivity contribution >= 4 is 7.92 Å². The Morgan fingerprint density at radius 3 is 2.82 bits per heavy atom. The van der Waals surface area contributed by atoms with Crippen LogP contribution in [-0.4, -0.2) is 15.0 Å².